The fraction of sp³-hybridized carbons (Fsp3) is 0.750. The highest BCUT2D eigenvalue weighted by atomic mass is 16.1. The van der Waals surface area contributed by atoms with E-state index < -0.39 is 0 Å². The first-order valence-corrected chi connectivity index (χ1v) is 4.70. The van der Waals surface area contributed by atoms with Crippen LogP contribution in [0.4, 0.5) is 0 Å². The molecule has 0 aromatic rings. The molecule has 0 aliphatic heterocycles. The van der Waals surface area contributed by atoms with Crippen molar-refractivity contribution in [2.75, 3.05) is 0 Å². The van der Waals surface area contributed by atoms with Crippen molar-refractivity contribution in [3.63, 3.8) is 0 Å². The molecule has 1 aliphatic carbocycles. The number of hydrogen-bond donors (Lipinski definition) is 0. The Bertz CT molecular complexity index is 211. The van der Waals surface area contributed by atoms with Gasteiger partial charge in [0, 0.05) is 6.42 Å². The Labute approximate surface area is 82.2 Å². The number of hydrogen-bond acceptors (Lipinski definition) is 1. The lowest BCUT2D eigenvalue weighted by molar-refractivity contribution is -0.107. The first kappa shape index (κ1) is 12.4. The first-order valence-electron chi connectivity index (χ1n) is 4.70. The number of rotatable bonds is 2. The average molecular weight is 182 g/mol. The van der Waals surface area contributed by atoms with Crippen LogP contribution in [0.5, 0.6) is 0 Å². The minimum atomic E-state index is 0. The van der Waals surface area contributed by atoms with E-state index in [1.807, 2.05) is 0 Å². The molecule has 1 nitrogen and oxygen atoms in total. The predicted octanol–water partition coefficient (Wildman–Crippen LogP) is 3.74. The largest absolute Gasteiger partial charge is 0.303 e. The van der Waals surface area contributed by atoms with Gasteiger partial charge in [0.05, 0.1) is 0 Å². The second-order valence-electron chi connectivity index (χ2n) is 4.37. The topological polar surface area (TPSA) is 17.1 Å². The van der Waals surface area contributed by atoms with Crippen molar-refractivity contribution in [1.82, 2.24) is 0 Å². The zero-order chi connectivity index (χ0) is 9.19. The maximum atomic E-state index is 10.5. The van der Waals surface area contributed by atoms with Gasteiger partial charge in [0.25, 0.3) is 0 Å². The van der Waals surface area contributed by atoms with Crippen LogP contribution in [0.25, 0.3) is 0 Å². The number of carbonyl (C=O) groups excluding carboxylic acids is 1. The van der Waals surface area contributed by atoms with Gasteiger partial charge in [-0.1, -0.05) is 32.4 Å². The molecular weight excluding hydrogens is 160 g/mol. The summed E-state index contributed by atoms with van der Waals surface area (Å²) in [6.45, 7) is 6.66. The van der Waals surface area contributed by atoms with Gasteiger partial charge in [0.2, 0.25) is 0 Å². The van der Waals surface area contributed by atoms with E-state index in [4.69, 9.17) is 0 Å². The molecule has 0 saturated carbocycles. The van der Waals surface area contributed by atoms with Gasteiger partial charge < -0.3 is 4.79 Å². The third kappa shape index (κ3) is 2.68. The second kappa shape index (κ2) is 4.59. The monoisotopic (exact) mass is 182 g/mol. The van der Waals surface area contributed by atoms with Crippen LogP contribution in [-0.4, -0.2) is 6.29 Å². The molecule has 1 heteroatoms. The number of aldehydes is 1. The summed E-state index contributed by atoms with van der Waals surface area (Å²) in [4.78, 5) is 10.5. The zero-order valence-corrected chi connectivity index (χ0v) is 8.31. The lowest BCUT2D eigenvalue weighted by atomic mass is 9.72. The Morgan fingerprint density at radius 1 is 1.46 bits per heavy atom. The van der Waals surface area contributed by atoms with E-state index in [0.29, 0.717) is 6.42 Å². The minimum Gasteiger partial charge on any atom is -0.303 e. The molecule has 1 rings (SSSR count). The van der Waals surface area contributed by atoms with Crippen LogP contribution < -0.4 is 0 Å². The predicted molar refractivity (Wildman–Crippen MR) is 57.7 cm³/mol. The van der Waals surface area contributed by atoms with Crippen molar-refractivity contribution in [1.29, 1.82) is 0 Å². The van der Waals surface area contributed by atoms with Crippen molar-refractivity contribution in [2.24, 2.45) is 5.41 Å². The molecule has 0 spiro atoms. The van der Waals surface area contributed by atoms with E-state index in [2.05, 4.69) is 20.8 Å². The molecule has 0 aromatic carbocycles. The molecule has 0 N–H and O–H groups in total. The highest BCUT2D eigenvalue weighted by Gasteiger charge is 2.27. The van der Waals surface area contributed by atoms with Crippen molar-refractivity contribution < 1.29 is 4.79 Å². The van der Waals surface area contributed by atoms with Crippen molar-refractivity contribution in [3.8, 4) is 0 Å². The van der Waals surface area contributed by atoms with Crippen LogP contribution >= 0.6 is 0 Å². The Morgan fingerprint density at radius 3 is 2.54 bits per heavy atom. The maximum absolute atomic E-state index is 10.5. The van der Waals surface area contributed by atoms with Crippen LogP contribution in [-0.2, 0) is 4.79 Å². The lowest BCUT2D eigenvalue weighted by Crippen LogP contribution is -2.20. The normalized spacial score (nSPS) is 20.8. The summed E-state index contributed by atoms with van der Waals surface area (Å²) < 4.78 is 0. The van der Waals surface area contributed by atoms with E-state index >= 15 is 0 Å². The molecule has 0 fully saturated rings. The zero-order valence-electron chi connectivity index (χ0n) is 8.31. The summed E-state index contributed by atoms with van der Waals surface area (Å²) >= 11 is 0. The van der Waals surface area contributed by atoms with Crippen LogP contribution in [0.2, 0.25) is 0 Å². The molecule has 0 atom stereocenters. The van der Waals surface area contributed by atoms with E-state index in [0.717, 1.165) is 6.29 Å². The fourth-order valence-corrected chi connectivity index (χ4v) is 2.21. The summed E-state index contributed by atoms with van der Waals surface area (Å²) in [7, 11) is 0. The molecule has 0 radical (unpaired) electrons. The van der Waals surface area contributed by atoms with Crippen molar-refractivity contribution in [3.05, 3.63) is 11.1 Å². The first-order chi connectivity index (χ1) is 5.58. The van der Waals surface area contributed by atoms with Crippen molar-refractivity contribution >= 4 is 6.29 Å². The Kier molecular flexibility index (Phi) is 4.38. The molecular formula is C12H22O. The Balaban J connectivity index is 0.00000144. The summed E-state index contributed by atoms with van der Waals surface area (Å²) in [6, 6.07) is 0. The molecule has 13 heavy (non-hydrogen) atoms. The van der Waals surface area contributed by atoms with E-state index in [1.165, 1.54) is 30.4 Å². The van der Waals surface area contributed by atoms with Crippen LogP contribution in [0.15, 0.2) is 11.1 Å². The lowest BCUT2D eigenvalue weighted by Gasteiger charge is -2.33. The molecule has 76 valence electrons. The third-order valence-corrected chi connectivity index (χ3v) is 2.97. The van der Waals surface area contributed by atoms with Gasteiger partial charge in [-0.3, -0.25) is 0 Å². The molecule has 0 saturated heterocycles. The average Bonchev–Trinajstić information content (AvgIpc) is 1.97. The SMILES string of the molecule is C.CC1=C(CC=O)C(C)(C)CCC1. The van der Waals surface area contributed by atoms with Crippen LogP contribution in [0.3, 0.4) is 0 Å². The molecule has 0 aromatic heterocycles. The number of carbonyl (C=O) groups is 1. The van der Waals surface area contributed by atoms with Gasteiger partial charge in [-0.2, -0.15) is 0 Å². The summed E-state index contributed by atoms with van der Waals surface area (Å²) in [5.41, 5.74) is 3.09. The molecule has 0 bridgehead atoms. The summed E-state index contributed by atoms with van der Waals surface area (Å²) in [5.74, 6) is 0. The highest BCUT2D eigenvalue weighted by molar-refractivity contribution is 5.56. The summed E-state index contributed by atoms with van der Waals surface area (Å²) in [5, 5.41) is 0. The fourth-order valence-electron chi connectivity index (χ4n) is 2.21. The van der Waals surface area contributed by atoms with E-state index in [-0.39, 0.29) is 12.8 Å². The van der Waals surface area contributed by atoms with Gasteiger partial charge in [-0.15, -0.1) is 0 Å². The Morgan fingerprint density at radius 2 is 2.08 bits per heavy atom. The maximum Gasteiger partial charge on any atom is 0.124 e. The molecule has 1 aliphatic rings. The van der Waals surface area contributed by atoms with Crippen molar-refractivity contribution in [2.45, 2.75) is 53.9 Å². The molecule has 0 unspecified atom stereocenters. The van der Waals surface area contributed by atoms with Gasteiger partial charge in [0.1, 0.15) is 6.29 Å². The smallest absolute Gasteiger partial charge is 0.124 e. The highest BCUT2D eigenvalue weighted by Crippen LogP contribution is 2.41. The van der Waals surface area contributed by atoms with Gasteiger partial charge in [-0.05, 0) is 31.6 Å². The second-order valence-corrected chi connectivity index (χ2v) is 4.37. The van der Waals surface area contributed by atoms with Gasteiger partial charge in [0.15, 0.2) is 0 Å². The van der Waals surface area contributed by atoms with Gasteiger partial charge in [-0.25, -0.2) is 0 Å². The standard InChI is InChI=1S/C11H18O.CH4/c1-9-5-4-7-11(2,3)10(9)6-8-12;/h8H,4-7H2,1-3H3;1H4. The molecule has 0 amide bonds. The summed E-state index contributed by atoms with van der Waals surface area (Å²) in [6.07, 6.45) is 5.37. The van der Waals surface area contributed by atoms with Crippen LogP contribution in [0.1, 0.15) is 53.9 Å². The van der Waals surface area contributed by atoms with Crippen LogP contribution in [0, 0.1) is 5.41 Å². The molecule has 0 heterocycles. The minimum absolute atomic E-state index is 0. The number of allylic oxidation sites excluding steroid dienone is 2. The van der Waals surface area contributed by atoms with E-state index in [9.17, 15) is 4.79 Å². The van der Waals surface area contributed by atoms with Gasteiger partial charge >= 0.3 is 0 Å². The Hall–Kier alpha value is -0.590. The quantitative estimate of drug-likeness (QED) is 0.469. The third-order valence-electron chi connectivity index (χ3n) is 2.97. The van der Waals surface area contributed by atoms with E-state index in [1.54, 1.807) is 0 Å².